The van der Waals surface area contributed by atoms with E-state index in [1.807, 2.05) is 49.6 Å². The van der Waals surface area contributed by atoms with Gasteiger partial charge in [0.25, 0.3) is 5.91 Å². The Balaban J connectivity index is 1.73. The number of aromatic nitrogens is 2. The Morgan fingerprint density at radius 3 is 2.52 bits per heavy atom. The van der Waals surface area contributed by atoms with Gasteiger partial charge in [-0.05, 0) is 26.0 Å². The van der Waals surface area contributed by atoms with Crippen molar-refractivity contribution in [3.63, 3.8) is 0 Å². The third-order valence-electron chi connectivity index (χ3n) is 4.44. The highest BCUT2D eigenvalue weighted by atomic mass is 32.1. The summed E-state index contributed by atoms with van der Waals surface area (Å²) in [6, 6.07) is 12.9. The Kier molecular flexibility index (Phi) is 7.08. The number of amides is 1. The quantitative estimate of drug-likeness (QED) is 0.528. The highest BCUT2D eigenvalue weighted by Crippen LogP contribution is 2.24. The van der Waals surface area contributed by atoms with Crippen LogP contribution >= 0.6 is 11.3 Å². The first-order valence-electron chi connectivity index (χ1n) is 9.50. The maximum absolute atomic E-state index is 12.9. The molecule has 2 heterocycles. The molecule has 29 heavy (non-hydrogen) atoms. The van der Waals surface area contributed by atoms with Gasteiger partial charge in [-0.15, -0.1) is 11.3 Å². The first-order valence-corrected chi connectivity index (χ1v) is 10.4. The van der Waals surface area contributed by atoms with Crippen molar-refractivity contribution in [2.24, 2.45) is 0 Å². The van der Waals surface area contributed by atoms with Crippen LogP contribution in [0.2, 0.25) is 0 Å². The summed E-state index contributed by atoms with van der Waals surface area (Å²) in [6.07, 6.45) is 2.48. The molecule has 1 atom stereocenters. The van der Waals surface area contributed by atoms with Crippen molar-refractivity contribution in [2.45, 2.75) is 26.4 Å². The van der Waals surface area contributed by atoms with Gasteiger partial charge in [0.05, 0.1) is 12.1 Å². The number of benzene rings is 1. The molecule has 6 nitrogen and oxygen atoms in total. The summed E-state index contributed by atoms with van der Waals surface area (Å²) in [7, 11) is 0. The number of carbonyl (C=O) groups excluding carboxylic acids is 2. The van der Waals surface area contributed by atoms with E-state index in [9.17, 15) is 9.59 Å². The van der Waals surface area contributed by atoms with Crippen molar-refractivity contribution in [1.82, 2.24) is 14.9 Å². The average Bonchev–Trinajstić information content (AvgIpc) is 3.22. The van der Waals surface area contributed by atoms with E-state index in [-0.39, 0.29) is 12.3 Å². The molecule has 0 N–H and O–H groups in total. The standard InChI is InChI=1S/C22H23N3O3S/c1-3-25(4-2)22(27)20(16-9-6-5-7-10-16)28-19(26)13-18-15-29-21(24-18)17-11-8-12-23-14-17/h5-12,14-15,20H,3-4,13H2,1-2H3/t20-/m1/s1. The van der Waals surface area contributed by atoms with Crippen molar-refractivity contribution in [2.75, 3.05) is 13.1 Å². The molecule has 0 spiro atoms. The van der Waals surface area contributed by atoms with Crippen LogP contribution in [0.1, 0.15) is 31.2 Å². The zero-order valence-electron chi connectivity index (χ0n) is 16.4. The molecular weight excluding hydrogens is 386 g/mol. The maximum atomic E-state index is 12.9. The molecule has 150 valence electrons. The zero-order valence-corrected chi connectivity index (χ0v) is 17.3. The first-order chi connectivity index (χ1) is 14.1. The summed E-state index contributed by atoms with van der Waals surface area (Å²) >= 11 is 1.44. The highest BCUT2D eigenvalue weighted by molar-refractivity contribution is 7.13. The van der Waals surface area contributed by atoms with E-state index in [0.717, 1.165) is 10.6 Å². The van der Waals surface area contributed by atoms with E-state index in [1.54, 1.807) is 29.4 Å². The number of ether oxygens (including phenoxy) is 1. The van der Waals surface area contributed by atoms with E-state index >= 15 is 0 Å². The van der Waals surface area contributed by atoms with Crippen LogP contribution in [-0.4, -0.2) is 39.8 Å². The molecule has 0 aliphatic carbocycles. The van der Waals surface area contributed by atoms with E-state index in [0.29, 0.717) is 24.3 Å². The number of nitrogens with zero attached hydrogens (tertiary/aromatic N) is 3. The monoisotopic (exact) mass is 409 g/mol. The summed E-state index contributed by atoms with van der Waals surface area (Å²) in [5, 5.41) is 2.62. The van der Waals surface area contributed by atoms with Gasteiger partial charge in [-0.1, -0.05) is 30.3 Å². The molecule has 7 heteroatoms. The third-order valence-corrected chi connectivity index (χ3v) is 5.38. The predicted molar refractivity (Wildman–Crippen MR) is 112 cm³/mol. The average molecular weight is 410 g/mol. The predicted octanol–water partition coefficient (Wildman–Crippen LogP) is 3.90. The number of thiazole rings is 1. The molecule has 0 saturated heterocycles. The van der Waals surface area contributed by atoms with Crippen LogP contribution in [0, 0.1) is 0 Å². The van der Waals surface area contributed by atoms with Crippen LogP contribution < -0.4 is 0 Å². The lowest BCUT2D eigenvalue weighted by molar-refractivity contribution is -0.160. The Morgan fingerprint density at radius 2 is 1.86 bits per heavy atom. The summed E-state index contributed by atoms with van der Waals surface area (Å²) in [6.45, 7) is 4.91. The molecule has 1 aromatic carbocycles. The van der Waals surface area contributed by atoms with E-state index < -0.39 is 12.1 Å². The number of pyridine rings is 1. The van der Waals surface area contributed by atoms with Crippen LogP contribution in [0.25, 0.3) is 10.6 Å². The summed E-state index contributed by atoms with van der Waals surface area (Å²) in [4.78, 5) is 35.8. The molecule has 0 aliphatic rings. The molecule has 0 aliphatic heterocycles. The summed E-state index contributed by atoms with van der Waals surface area (Å²) < 4.78 is 5.62. The number of carbonyl (C=O) groups is 2. The minimum Gasteiger partial charge on any atom is -0.447 e. The van der Waals surface area contributed by atoms with Gasteiger partial charge < -0.3 is 9.64 Å². The smallest absolute Gasteiger partial charge is 0.313 e. The fourth-order valence-electron chi connectivity index (χ4n) is 2.92. The second-order valence-corrected chi connectivity index (χ2v) is 7.21. The molecule has 0 saturated carbocycles. The van der Waals surface area contributed by atoms with Crippen LogP contribution in [0.4, 0.5) is 0 Å². The number of esters is 1. The number of hydrogen-bond acceptors (Lipinski definition) is 6. The molecular formula is C22H23N3O3S. The summed E-state index contributed by atoms with van der Waals surface area (Å²) in [5.41, 5.74) is 2.17. The number of hydrogen-bond donors (Lipinski definition) is 0. The lowest BCUT2D eigenvalue weighted by atomic mass is 10.1. The molecule has 0 unspecified atom stereocenters. The second-order valence-electron chi connectivity index (χ2n) is 6.35. The minimum atomic E-state index is -0.958. The van der Waals surface area contributed by atoms with Crippen molar-refractivity contribution < 1.29 is 14.3 Å². The molecule has 1 amide bonds. The maximum Gasteiger partial charge on any atom is 0.313 e. The Hall–Kier alpha value is -3.06. The fourth-order valence-corrected chi connectivity index (χ4v) is 3.73. The van der Waals surface area contributed by atoms with Gasteiger partial charge in [0, 0.05) is 42.0 Å². The van der Waals surface area contributed by atoms with E-state index in [1.165, 1.54) is 11.3 Å². The van der Waals surface area contributed by atoms with E-state index in [4.69, 9.17) is 4.74 Å². The molecule has 0 fully saturated rings. The van der Waals surface area contributed by atoms with Gasteiger partial charge >= 0.3 is 5.97 Å². The van der Waals surface area contributed by atoms with Crippen molar-refractivity contribution in [3.05, 3.63) is 71.5 Å². The summed E-state index contributed by atoms with van der Waals surface area (Å²) in [5.74, 6) is -0.703. The Labute approximate surface area is 174 Å². The molecule has 0 radical (unpaired) electrons. The molecule has 2 aromatic heterocycles. The van der Waals surface area contributed by atoms with Crippen molar-refractivity contribution in [3.8, 4) is 10.6 Å². The normalized spacial score (nSPS) is 11.7. The number of likely N-dealkylation sites (N-methyl/N-ethyl adjacent to an activating group) is 1. The topological polar surface area (TPSA) is 72.4 Å². The van der Waals surface area contributed by atoms with Gasteiger partial charge in [-0.3, -0.25) is 14.6 Å². The largest absolute Gasteiger partial charge is 0.447 e. The van der Waals surface area contributed by atoms with Crippen molar-refractivity contribution >= 4 is 23.2 Å². The van der Waals surface area contributed by atoms with Crippen LogP contribution in [0.15, 0.2) is 60.2 Å². The number of rotatable bonds is 8. The van der Waals surface area contributed by atoms with Gasteiger partial charge in [0.15, 0.2) is 0 Å². The molecule has 3 aromatic rings. The second kappa shape index (κ2) is 9.93. The zero-order chi connectivity index (χ0) is 20.6. The van der Waals surface area contributed by atoms with Crippen LogP contribution in [0.5, 0.6) is 0 Å². The lowest BCUT2D eigenvalue weighted by Gasteiger charge is -2.25. The lowest BCUT2D eigenvalue weighted by Crippen LogP contribution is -2.36. The molecule has 0 bridgehead atoms. The Morgan fingerprint density at radius 1 is 1.10 bits per heavy atom. The SMILES string of the molecule is CCN(CC)C(=O)[C@H](OC(=O)Cc1csc(-c2cccnc2)n1)c1ccccc1. The Bertz CT molecular complexity index is 940. The van der Waals surface area contributed by atoms with Gasteiger partial charge in [0.2, 0.25) is 6.10 Å². The van der Waals surface area contributed by atoms with E-state index in [2.05, 4.69) is 9.97 Å². The van der Waals surface area contributed by atoms with Crippen LogP contribution in [-0.2, 0) is 20.7 Å². The fraction of sp³-hybridized carbons (Fsp3) is 0.273. The van der Waals surface area contributed by atoms with Crippen LogP contribution in [0.3, 0.4) is 0 Å². The van der Waals surface area contributed by atoms with Gasteiger partial charge in [0.1, 0.15) is 5.01 Å². The minimum absolute atomic E-state index is 0.00558. The molecule has 3 rings (SSSR count). The first kappa shape index (κ1) is 20.7. The van der Waals surface area contributed by atoms with Gasteiger partial charge in [-0.25, -0.2) is 4.98 Å². The van der Waals surface area contributed by atoms with Crippen molar-refractivity contribution in [1.29, 1.82) is 0 Å². The highest BCUT2D eigenvalue weighted by Gasteiger charge is 2.28. The van der Waals surface area contributed by atoms with Gasteiger partial charge in [-0.2, -0.15) is 0 Å². The third kappa shape index (κ3) is 5.26.